The largest absolute Gasteiger partial charge is 0.497 e. The molecule has 0 saturated heterocycles. The fourth-order valence-corrected chi connectivity index (χ4v) is 4.81. The maximum Gasteiger partial charge on any atom is 0.290 e. The number of hydrogen-bond donors (Lipinski definition) is 2. The lowest BCUT2D eigenvalue weighted by molar-refractivity contribution is -0.323. The molecule has 160 valence electrons. The summed E-state index contributed by atoms with van der Waals surface area (Å²) < 4.78 is 5.17. The van der Waals surface area contributed by atoms with E-state index >= 15 is 0 Å². The standard InChI is InChI=1S/C25H22N4O2S/c1-13(2)14-4-6-15(7-5-14)19-18(12-26)24(28)29-25-20(19)21(27)23(32-25)22(30)16-8-10-17(31-3)11-9-16/h4-11,13H,27H2,1-3H3,(H2,28,29)/p+1. The van der Waals surface area contributed by atoms with Gasteiger partial charge in [-0.1, -0.05) is 49.4 Å². The minimum Gasteiger partial charge on any atom is -0.497 e. The van der Waals surface area contributed by atoms with E-state index in [-0.39, 0.29) is 11.6 Å². The summed E-state index contributed by atoms with van der Waals surface area (Å²) >= 11 is 1.24. The molecular formula is C25H23N4O2S+. The van der Waals surface area contributed by atoms with Crippen LogP contribution in [-0.2, 0) is 0 Å². The number of methoxy groups -OCH3 is 1. The summed E-state index contributed by atoms with van der Waals surface area (Å²) in [6.07, 6.45) is 0. The van der Waals surface area contributed by atoms with E-state index in [1.807, 2.05) is 24.3 Å². The number of ketones is 1. The van der Waals surface area contributed by atoms with Crippen LogP contribution in [0.5, 0.6) is 5.75 Å². The Morgan fingerprint density at radius 2 is 1.75 bits per heavy atom. The summed E-state index contributed by atoms with van der Waals surface area (Å²) in [6.45, 7) is 4.24. The highest BCUT2D eigenvalue weighted by Crippen LogP contribution is 2.42. The molecule has 2 heterocycles. The Kier molecular flexibility index (Phi) is 5.56. The molecule has 4 rings (SSSR count). The monoisotopic (exact) mass is 443 g/mol. The molecule has 0 aliphatic rings. The van der Waals surface area contributed by atoms with Crippen molar-refractivity contribution in [3.63, 3.8) is 0 Å². The lowest BCUT2D eigenvalue weighted by Crippen LogP contribution is -2.13. The van der Waals surface area contributed by atoms with E-state index in [1.54, 1.807) is 31.4 Å². The van der Waals surface area contributed by atoms with Crippen molar-refractivity contribution < 1.29 is 14.5 Å². The second-order valence-corrected chi connectivity index (χ2v) is 8.80. The van der Waals surface area contributed by atoms with Crippen molar-refractivity contribution in [2.75, 3.05) is 18.6 Å². The lowest BCUT2D eigenvalue weighted by Gasteiger charge is -2.10. The zero-order chi connectivity index (χ0) is 23.0. The van der Waals surface area contributed by atoms with Crippen LogP contribution in [0.15, 0.2) is 48.5 Å². The van der Waals surface area contributed by atoms with Crippen LogP contribution in [0, 0.1) is 11.3 Å². The van der Waals surface area contributed by atoms with Crippen LogP contribution in [0.4, 0.5) is 11.5 Å². The Hall–Kier alpha value is -3.89. The van der Waals surface area contributed by atoms with Gasteiger partial charge >= 0.3 is 0 Å². The summed E-state index contributed by atoms with van der Waals surface area (Å²) in [5.41, 5.74) is 16.5. The number of nitrogen functional groups attached to an aromatic ring is 2. The number of rotatable bonds is 5. The van der Waals surface area contributed by atoms with Crippen molar-refractivity contribution in [2.24, 2.45) is 0 Å². The molecule has 0 saturated carbocycles. The molecule has 0 radical (unpaired) electrons. The number of anilines is 2. The summed E-state index contributed by atoms with van der Waals surface area (Å²) in [5, 5.41) is 10.5. The van der Waals surface area contributed by atoms with Crippen molar-refractivity contribution >= 4 is 38.8 Å². The topological polar surface area (TPSA) is 116 Å². The first-order chi connectivity index (χ1) is 15.3. The highest BCUT2D eigenvalue weighted by molar-refractivity contribution is 7.21. The molecule has 7 heteroatoms. The molecular weight excluding hydrogens is 420 g/mol. The molecule has 0 aliphatic carbocycles. The average Bonchev–Trinajstić information content (AvgIpc) is 3.13. The lowest BCUT2D eigenvalue weighted by atomic mass is 9.94. The van der Waals surface area contributed by atoms with Gasteiger partial charge in [-0.2, -0.15) is 5.26 Å². The van der Waals surface area contributed by atoms with Gasteiger partial charge in [0.2, 0.25) is 5.78 Å². The summed E-state index contributed by atoms with van der Waals surface area (Å²) in [5.74, 6) is 1.09. The number of carbonyl (C=O) groups excluding carboxylic acids is 1. The Labute approximate surface area is 190 Å². The number of thiophene rings is 1. The molecule has 0 bridgehead atoms. The quantitative estimate of drug-likeness (QED) is 0.431. The van der Waals surface area contributed by atoms with Gasteiger partial charge in [-0.3, -0.25) is 10.5 Å². The molecule has 2 aromatic carbocycles. The highest BCUT2D eigenvalue weighted by Gasteiger charge is 2.27. The molecule has 0 aliphatic heterocycles. The van der Waals surface area contributed by atoms with Gasteiger partial charge in [0.25, 0.3) is 5.82 Å². The van der Waals surface area contributed by atoms with Crippen molar-refractivity contribution in [1.82, 2.24) is 0 Å². The number of benzene rings is 2. The van der Waals surface area contributed by atoms with Crippen LogP contribution < -0.4 is 21.2 Å². The second kappa shape index (κ2) is 8.33. The number of nitrogens with two attached hydrogens (primary N) is 2. The molecule has 0 spiro atoms. The minimum absolute atomic E-state index is 0.196. The molecule has 0 amide bonds. The number of pyridine rings is 1. The van der Waals surface area contributed by atoms with Gasteiger partial charge in [0.05, 0.1) is 18.2 Å². The number of aromatic nitrogens is 1. The van der Waals surface area contributed by atoms with E-state index in [2.05, 4.69) is 24.9 Å². The molecule has 2 aromatic heterocycles. The molecule has 0 unspecified atom stereocenters. The minimum atomic E-state index is -0.196. The van der Waals surface area contributed by atoms with E-state index in [4.69, 9.17) is 16.2 Å². The third-order valence-electron chi connectivity index (χ3n) is 5.50. The van der Waals surface area contributed by atoms with Crippen LogP contribution in [0.2, 0.25) is 0 Å². The highest BCUT2D eigenvalue weighted by atomic mass is 32.1. The molecule has 4 aromatic rings. The van der Waals surface area contributed by atoms with Crippen LogP contribution in [-0.4, -0.2) is 12.9 Å². The first kappa shape index (κ1) is 21.3. The predicted molar refractivity (Wildman–Crippen MR) is 128 cm³/mol. The number of fused-ring (bicyclic) bond motifs is 1. The first-order valence-electron chi connectivity index (χ1n) is 10.1. The summed E-state index contributed by atoms with van der Waals surface area (Å²) in [7, 11) is 1.57. The molecule has 6 nitrogen and oxygen atoms in total. The van der Waals surface area contributed by atoms with Gasteiger partial charge in [0.1, 0.15) is 22.3 Å². The van der Waals surface area contributed by atoms with Crippen LogP contribution in [0.1, 0.15) is 46.1 Å². The van der Waals surface area contributed by atoms with E-state index in [0.29, 0.717) is 49.1 Å². The zero-order valence-corrected chi connectivity index (χ0v) is 18.8. The average molecular weight is 444 g/mol. The van der Waals surface area contributed by atoms with Gasteiger partial charge in [0.15, 0.2) is 4.83 Å². The second-order valence-electron chi connectivity index (χ2n) is 7.78. The number of nitriles is 1. The van der Waals surface area contributed by atoms with Crippen LogP contribution >= 0.6 is 11.3 Å². The van der Waals surface area contributed by atoms with E-state index < -0.39 is 0 Å². The summed E-state index contributed by atoms with van der Waals surface area (Å²) in [4.78, 5) is 17.3. The van der Waals surface area contributed by atoms with Crippen molar-refractivity contribution in [3.05, 3.63) is 70.1 Å². The number of nitrogens with one attached hydrogen (secondary N) is 1. The fourth-order valence-electron chi connectivity index (χ4n) is 3.71. The van der Waals surface area contributed by atoms with Gasteiger partial charge in [0, 0.05) is 11.1 Å². The molecule has 32 heavy (non-hydrogen) atoms. The molecule has 0 fully saturated rings. The van der Waals surface area contributed by atoms with Gasteiger partial charge < -0.3 is 10.5 Å². The Morgan fingerprint density at radius 1 is 1.09 bits per heavy atom. The smallest absolute Gasteiger partial charge is 0.290 e. The number of nitrogens with zero attached hydrogens (tertiary/aromatic N) is 1. The predicted octanol–water partition coefficient (Wildman–Crippen LogP) is 4.78. The van der Waals surface area contributed by atoms with Crippen molar-refractivity contribution in [2.45, 2.75) is 19.8 Å². The SMILES string of the molecule is COc1ccc(C(=O)c2sc3[nH+]c(N)c(C#N)c(-c4ccc(C(C)C)cc4)c3c2N)cc1. The van der Waals surface area contributed by atoms with Gasteiger partial charge in [-0.25, -0.2) is 4.98 Å². The van der Waals surface area contributed by atoms with E-state index in [0.717, 1.165) is 5.56 Å². The maximum absolute atomic E-state index is 13.2. The maximum atomic E-state index is 13.2. The number of ether oxygens (including phenoxy) is 1. The Morgan fingerprint density at radius 3 is 2.31 bits per heavy atom. The molecule has 5 N–H and O–H groups in total. The first-order valence-corrected chi connectivity index (χ1v) is 10.9. The summed E-state index contributed by atoms with van der Waals surface area (Å²) in [6, 6.07) is 17.1. The van der Waals surface area contributed by atoms with Crippen molar-refractivity contribution in [1.29, 1.82) is 5.26 Å². The fraction of sp³-hybridized carbons (Fsp3) is 0.160. The van der Waals surface area contributed by atoms with Gasteiger partial charge in [-0.15, -0.1) is 0 Å². The van der Waals surface area contributed by atoms with E-state index in [9.17, 15) is 10.1 Å². The number of hydrogen-bond acceptors (Lipinski definition) is 6. The number of aromatic amines is 1. The Balaban J connectivity index is 1.93. The van der Waals surface area contributed by atoms with Crippen LogP contribution in [0.25, 0.3) is 21.3 Å². The van der Waals surface area contributed by atoms with Crippen LogP contribution in [0.3, 0.4) is 0 Å². The Bertz CT molecular complexity index is 1360. The number of H-pyrrole nitrogens is 1. The van der Waals surface area contributed by atoms with E-state index in [1.165, 1.54) is 16.9 Å². The van der Waals surface area contributed by atoms with Crippen molar-refractivity contribution in [3.8, 4) is 22.9 Å². The van der Waals surface area contributed by atoms with Gasteiger partial charge in [-0.05, 0) is 41.3 Å². The normalized spacial score (nSPS) is 11.0. The third-order valence-corrected chi connectivity index (χ3v) is 6.62. The third kappa shape index (κ3) is 3.55. The molecule has 0 atom stereocenters. The zero-order valence-electron chi connectivity index (χ0n) is 18.0. The number of carbonyl (C=O) groups is 1.